The van der Waals surface area contributed by atoms with Gasteiger partial charge in [-0.05, 0) is 13.8 Å². The topological polar surface area (TPSA) is 44.2 Å². The summed E-state index contributed by atoms with van der Waals surface area (Å²) in [4.78, 5) is 8.10. The Labute approximate surface area is 91.7 Å². The van der Waals surface area contributed by atoms with Gasteiger partial charge in [0.1, 0.15) is 6.61 Å². The summed E-state index contributed by atoms with van der Waals surface area (Å²) in [5.74, 6) is 0.537. The van der Waals surface area contributed by atoms with Crippen LogP contribution in [0.25, 0.3) is 0 Å². The molecular formula is C11H20N2O2. The van der Waals surface area contributed by atoms with Crippen LogP contribution < -0.4 is 4.74 Å². The largest absolute Gasteiger partial charge is 0.474 e. The number of rotatable bonds is 4. The molecule has 0 aliphatic heterocycles. The molecule has 0 aliphatic rings. The molecule has 15 heavy (non-hydrogen) atoms. The van der Waals surface area contributed by atoms with Crippen LogP contribution in [0.5, 0.6) is 5.88 Å². The molecule has 1 heterocycles. The number of methoxy groups -OCH3 is 1. The average Bonchev–Trinajstić information content (AvgIpc) is 2.30. The van der Waals surface area contributed by atoms with Crippen LogP contribution in [-0.2, 0) is 4.74 Å². The molecule has 0 N–H and O–H groups in total. The zero-order valence-corrected chi connectivity index (χ0v) is 10.2. The van der Waals surface area contributed by atoms with Crippen molar-refractivity contribution in [2.45, 2.75) is 33.8 Å². The Morgan fingerprint density at radius 2 is 1.93 bits per heavy atom. The average molecular weight is 212 g/mol. The molecule has 0 radical (unpaired) electrons. The zero-order valence-electron chi connectivity index (χ0n) is 10.2. The van der Waals surface area contributed by atoms with Gasteiger partial charge in [-0.25, -0.2) is 4.98 Å². The van der Waals surface area contributed by atoms with Crippen molar-refractivity contribution < 1.29 is 9.47 Å². The van der Waals surface area contributed by atoms with E-state index in [0.717, 1.165) is 5.69 Å². The predicted molar refractivity (Wildman–Crippen MR) is 60.1 cm³/mol. The first kappa shape index (κ1) is 13.8. The van der Waals surface area contributed by atoms with Gasteiger partial charge in [0.25, 0.3) is 0 Å². The second-order valence-electron chi connectivity index (χ2n) is 2.85. The first-order valence-corrected chi connectivity index (χ1v) is 5.16. The van der Waals surface area contributed by atoms with Crippen molar-refractivity contribution in [3.63, 3.8) is 0 Å². The molecule has 0 amide bonds. The Kier molecular flexibility index (Phi) is 7.54. The monoisotopic (exact) mass is 212 g/mol. The molecule has 1 aromatic rings. The number of aromatic nitrogens is 2. The number of nitrogens with zero attached hydrogens (tertiary/aromatic N) is 2. The Bertz CT molecular complexity index is 249. The maximum Gasteiger partial charge on any atom is 0.232 e. The van der Waals surface area contributed by atoms with Gasteiger partial charge in [0, 0.05) is 7.11 Å². The number of hydrogen-bond donors (Lipinski definition) is 0. The van der Waals surface area contributed by atoms with Crippen LogP contribution in [0.15, 0.2) is 12.4 Å². The van der Waals surface area contributed by atoms with Gasteiger partial charge in [0.15, 0.2) is 0 Å². The van der Waals surface area contributed by atoms with Crippen molar-refractivity contribution in [2.75, 3.05) is 13.7 Å². The Hall–Kier alpha value is -1.16. The van der Waals surface area contributed by atoms with Crippen molar-refractivity contribution in [2.24, 2.45) is 0 Å². The van der Waals surface area contributed by atoms with E-state index in [-0.39, 0.29) is 6.10 Å². The minimum Gasteiger partial charge on any atom is -0.474 e. The minimum absolute atomic E-state index is 0.0723. The molecule has 0 spiro atoms. The Morgan fingerprint density at radius 3 is 2.40 bits per heavy atom. The number of hydrogen-bond acceptors (Lipinski definition) is 4. The summed E-state index contributed by atoms with van der Waals surface area (Å²) in [6.45, 7) is 8.31. The minimum atomic E-state index is 0.0723. The molecular weight excluding hydrogens is 192 g/mol. The molecule has 86 valence electrons. The summed E-state index contributed by atoms with van der Waals surface area (Å²) in [5.41, 5.74) is 0.882. The molecule has 1 aromatic heterocycles. The second-order valence-corrected chi connectivity index (χ2v) is 2.85. The van der Waals surface area contributed by atoms with Gasteiger partial charge in [-0.1, -0.05) is 13.8 Å². The van der Waals surface area contributed by atoms with Crippen LogP contribution in [0.3, 0.4) is 0 Å². The fourth-order valence-electron chi connectivity index (χ4n) is 0.726. The SMILES string of the molecule is CC.CO[C@@H](C)COc1cnc(C)cn1. The maximum atomic E-state index is 5.32. The maximum absolute atomic E-state index is 5.32. The first-order valence-electron chi connectivity index (χ1n) is 5.16. The molecule has 0 aromatic carbocycles. The number of ether oxygens (including phenoxy) is 2. The number of aryl methyl sites for hydroxylation is 1. The fourth-order valence-corrected chi connectivity index (χ4v) is 0.726. The van der Waals surface area contributed by atoms with Crippen molar-refractivity contribution >= 4 is 0 Å². The predicted octanol–water partition coefficient (Wildman–Crippen LogP) is 2.22. The van der Waals surface area contributed by atoms with E-state index in [9.17, 15) is 0 Å². The fraction of sp³-hybridized carbons (Fsp3) is 0.636. The van der Waals surface area contributed by atoms with Gasteiger partial charge in [0.2, 0.25) is 5.88 Å². The highest BCUT2D eigenvalue weighted by Crippen LogP contribution is 2.03. The molecule has 0 saturated heterocycles. The smallest absolute Gasteiger partial charge is 0.232 e. The van der Waals surface area contributed by atoms with E-state index in [4.69, 9.17) is 9.47 Å². The molecule has 0 fully saturated rings. The molecule has 4 heteroatoms. The first-order chi connectivity index (χ1) is 7.22. The molecule has 0 aliphatic carbocycles. The lowest BCUT2D eigenvalue weighted by molar-refractivity contribution is 0.0697. The van der Waals surface area contributed by atoms with E-state index >= 15 is 0 Å². The van der Waals surface area contributed by atoms with Gasteiger partial charge in [0.05, 0.1) is 24.2 Å². The molecule has 1 rings (SSSR count). The van der Waals surface area contributed by atoms with E-state index < -0.39 is 0 Å². The van der Waals surface area contributed by atoms with E-state index in [1.807, 2.05) is 27.7 Å². The van der Waals surface area contributed by atoms with E-state index in [1.54, 1.807) is 19.5 Å². The van der Waals surface area contributed by atoms with Gasteiger partial charge >= 0.3 is 0 Å². The van der Waals surface area contributed by atoms with Crippen molar-refractivity contribution in [3.05, 3.63) is 18.1 Å². The lowest BCUT2D eigenvalue weighted by atomic mass is 10.4. The van der Waals surface area contributed by atoms with Crippen molar-refractivity contribution in [3.8, 4) is 5.88 Å². The lowest BCUT2D eigenvalue weighted by Gasteiger charge is -2.09. The third-order valence-corrected chi connectivity index (χ3v) is 1.63. The molecule has 1 atom stereocenters. The lowest BCUT2D eigenvalue weighted by Crippen LogP contribution is -2.16. The van der Waals surface area contributed by atoms with E-state index in [1.165, 1.54) is 0 Å². The summed E-state index contributed by atoms with van der Waals surface area (Å²) >= 11 is 0. The van der Waals surface area contributed by atoms with Gasteiger partial charge in [-0.3, -0.25) is 4.98 Å². The standard InChI is InChI=1S/C9H14N2O2.C2H6/c1-7-4-11-9(5-10-7)13-6-8(2)12-3;1-2/h4-5,8H,6H2,1-3H3;1-2H3/t8-;/m0./s1. The highest BCUT2D eigenvalue weighted by atomic mass is 16.5. The molecule has 0 saturated carbocycles. The third kappa shape index (κ3) is 6.01. The van der Waals surface area contributed by atoms with Gasteiger partial charge < -0.3 is 9.47 Å². The van der Waals surface area contributed by atoms with Crippen LogP contribution in [0.1, 0.15) is 26.5 Å². The van der Waals surface area contributed by atoms with Crippen molar-refractivity contribution in [1.29, 1.82) is 0 Å². The normalized spacial score (nSPS) is 11.3. The van der Waals surface area contributed by atoms with E-state index in [2.05, 4.69) is 9.97 Å². The summed E-state index contributed by atoms with van der Waals surface area (Å²) in [5, 5.41) is 0. The highest BCUT2D eigenvalue weighted by molar-refractivity contribution is 5.05. The zero-order chi connectivity index (χ0) is 11.7. The van der Waals surface area contributed by atoms with Crippen molar-refractivity contribution in [1.82, 2.24) is 9.97 Å². The van der Waals surface area contributed by atoms with Gasteiger partial charge in [-0.15, -0.1) is 0 Å². The summed E-state index contributed by atoms with van der Waals surface area (Å²) in [6.07, 6.45) is 3.35. The quantitative estimate of drug-likeness (QED) is 0.767. The summed E-state index contributed by atoms with van der Waals surface area (Å²) in [7, 11) is 1.65. The van der Waals surface area contributed by atoms with Crippen LogP contribution in [0.4, 0.5) is 0 Å². The third-order valence-electron chi connectivity index (χ3n) is 1.63. The van der Waals surface area contributed by atoms with Crippen LogP contribution >= 0.6 is 0 Å². The van der Waals surface area contributed by atoms with Crippen LogP contribution in [-0.4, -0.2) is 29.8 Å². The van der Waals surface area contributed by atoms with Gasteiger partial charge in [-0.2, -0.15) is 0 Å². The summed E-state index contributed by atoms with van der Waals surface area (Å²) < 4.78 is 10.3. The summed E-state index contributed by atoms with van der Waals surface area (Å²) in [6, 6.07) is 0. The van der Waals surface area contributed by atoms with Crippen LogP contribution in [0, 0.1) is 6.92 Å². The molecule has 0 bridgehead atoms. The van der Waals surface area contributed by atoms with Crippen LogP contribution in [0.2, 0.25) is 0 Å². The molecule has 4 nitrogen and oxygen atoms in total. The Morgan fingerprint density at radius 1 is 1.27 bits per heavy atom. The second kappa shape index (κ2) is 8.17. The highest BCUT2D eigenvalue weighted by Gasteiger charge is 2.01. The van der Waals surface area contributed by atoms with E-state index in [0.29, 0.717) is 12.5 Å². The Balaban J connectivity index is 0.000000921. The molecule has 0 unspecified atom stereocenters.